The normalized spacial score (nSPS) is 29.6. The Labute approximate surface area is 130 Å². The summed E-state index contributed by atoms with van der Waals surface area (Å²) < 4.78 is 6.74. The molecular weight excluding hydrogens is 400 g/mol. The third-order valence-corrected chi connectivity index (χ3v) is 4.09. The number of halogens is 2. The smallest absolute Gasteiger partial charge is 0.330 e. The van der Waals surface area contributed by atoms with Gasteiger partial charge in [0.25, 0.3) is 5.56 Å². The highest BCUT2D eigenvalue weighted by Gasteiger charge is 2.43. The van der Waals surface area contributed by atoms with Crippen LogP contribution in [-0.4, -0.2) is 43.4 Å². The molecule has 1 aromatic rings. The minimum Gasteiger partial charge on any atom is -0.387 e. The van der Waals surface area contributed by atoms with Crippen molar-refractivity contribution in [1.82, 2.24) is 9.55 Å². The van der Waals surface area contributed by atoms with Gasteiger partial charge in [-0.15, -0.1) is 0 Å². The first-order chi connectivity index (χ1) is 9.36. The van der Waals surface area contributed by atoms with Gasteiger partial charge in [0, 0.05) is 16.0 Å². The van der Waals surface area contributed by atoms with Crippen molar-refractivity contribution in [3.8, 4) is 0 Å². The van der Waals surface area contributed by atoms with E-state index in [1.165, 1.54) is 6.20 Å². The van der Waals surface area contributed by atoms with Gasteiger partial charge in [0.15, 0.2) is 6.23 Å². The summed E-state index contributed by atoms with van der Waals surface area (Å²) in [5.74, 6) is 0. The molecule has 3 N–H and O–H groups in total. The molecule has 0 bridgehead atoms. The summed E-state index contributed by atoms with van der Waals surface area (Å²) >= 11 is 6.21. The summed E-state index contributed by atoms with van der Waals surface area (Å²) in [4.78, 5) is 25.5. The molecule has 2 rings (SSSR count). The van der Waals surface area contributed by atoms with Gasteiger partial charge >= 0.3 is 5.69 Å². The van der Waals surface area contributed by atoms with Gasteiger partial charge in [0.1, 0.15) is 12.2 Å². The second-order valence-electron chi connectivity index (χ2n) is 4.31. The molecule has 0 amide bonds. The first kappa shape index (κ1) is 15.6. The lowest BCUT2D eigenvalue weighted by molar-refractivity contribution is -0.0338. The van der Waals surface area contributed by atoms with Gasteiger partial charge in [-0.05, 0) is 0 Å². The minimum absolute atomic E-state index is 0.136. The Bertz CT molecular complexity index is 640. The minimum atomic E-state index is -1.28. The molecular formula is C11H12Br2N2O5. The van der Waals surface area contributed by atoms with Crippen molar-refractivity contribution in [1.29, 1.82) is 0 Å². The molecule has 0 unspecified atom stereocenters. The van der Waals surface area contributed by atoms with E-state index in [9.17, 15) is 19.8 Å². The Morgan fingerprint density at radius 3 is 2.60 bits per heavy atom. The van der Waals surface area contributed by atoms with Crippen molar-refractivity contribution in [3.05, 3.63) is 39.2 Å². The van der Waals surface area contributed by atoms with Crippen LogP contribution in [0.25, 0.3) is 4.48 Å². The van der Waals surface area contributed by atoms with E-state index in [0.717, 1.165) is 4.57 Å². The molecule has 7 nitrogen and oxygen atoms in total. The second kappa shape index (κ2) is 5.94. The van der Waals surface area contributed by atoms with Gasteiger partial charge in [0.2, 0.25) is 0 Å². The lowest BCUT2D eigenvalue weighted by Gasteiger charge is -2.17. The highest BCUT2D eigenvalue weighted by Crippen LogP contribution is 2.29. The van der Waals surface area contributed by atoms with Crippen LogP contribution < -0.4 is 11.2 Å². The third kappa shape index (κ3) is 2.68. The Kier molecular flexibility index (Phi) is 4.65. The number of nitrogens with zero attached hydrogens (tertiary/aromatic N) is 1. The molecule has 0 spiro atoms. The number of H-pyrrole nitrogens is 1. The molecule has 0 radical (unpaired) electrons. The molecule has 9 heteroatoms. The van der Waals surface area contributed by atoms with E-state index in [4.69, 9.17) is 4.74 Å². The molecule has 110 valence electrons. The number of nitrogens with one attached hydrogen (secondary N) is 1. The Morgan fingerprint density at radius 1 is 1.45 bits per heavy atom. The van der Waals surface area contributed by atoms with Crippen molar-refractivity contribution in [2.24, 2.45) is 0 Å². The Hall–Kier alpha value is -0.740. The molecule has 1 aliphatic rings. The van der Waals surface area contributed by atoms with Crippen LogP contribution in [-0.2, 0) is 4.74 Å². The second-order valence-corrected chi connectivity index (χ2v) is 5.92. The quantitative estimate of drug-likeness (QED) is 0.603. The monoisotopic (exact) mass is 410 g/mol. The summed E-state index contributed by atoms with van der Waals surface area (Å²) in [6.45, 7) is 3.57. The summed E-state index contributed by atoms with van der Waals surface area (Å²) in [5, 5.41) is 20.1. The third-order valence-electron chi connectivity index (χ3n) is 3.02. The van der Waals surface area contributed by atoms with Gasteiger partial charge in [0.05, 0.1) is 11.7 Å². The highest BCUT2D eigenvalue weighted by molar-refractivity contribution is 9.15. The van der Waals surface area contributed by atoms with Gasteiger partial charge in [-0.2, -0.15) is 0 Å². The fourth-order valence-electron chi connectivity index (χ4n) is 1.95. The number of hydrogen-bond acceptors (Lipinski definition) is 5. The molecule has 0 saturated carbocycles. The zero-order chi connectivity index (χ0) is 15.0. The van der Waals surface area contributed by atoms with Crippen LogP contribution in [0.1, 0.15) is 11.8 Å². The molecule has 0 aliphatic carbocycles. The van der Waals surface area contributed by atoms with Crippen LogP contribution >= 0.6 is 31.9 Å². The number of aliphatic hydroxyl groups excluding tert-OH is 2. The van der Waals surface area contributed by atoms with Crippen molar-refractivity contribution in [3.63, 3.8) is 0 Å². The summed E-state index contributed by atoms with van der Waals surface area (Å²) in [6, 6.07) is 0. The number of aliphatic hydroxyl groups is 2. The first-order valence-electron chi connectivity index (χ1n) is 5.64. The average Bonchev–Trinajstić information content (AvgIpc) is 2.66. The number of aromatic nitrogens is 2. The number of hydrogen-bond donors (Lipinski definition) is 3. The number of alkyl halides is 1. The predicted molar refractivity (Wildman–Crippen MR) is 79.0 cm³/mol. The lowest BCUT2D eigenvalue weighted by atomic mass is 10.1. The summed E-state index contributed by atoms with van der Waals surface area (Å²) in [6.07, 6.45) is -2.91. The van der Waals surface area contributed by atoms with Crippen molar-refractivity contribution < 1.29 is 14.9 Å². The predicted octanol–water partition coefficient (Wildman–Crippen LogP) is -0.0837. The van der Waals surface area contributed by atoms with Gasteiger partial charge in [-0.25, -0.2) is 4.79 Å². The van der Waals surface area contributed by atoms with Gasteiger partial charge < -0.3 is 14.9 Å². The first-order valence-corrected chi connectivity index (χ1v) is 7.56. The summed E-state index contributed by atoms with van der Waals surface area (Å²) in [5.41, 5.74) is -1.20. The molecule has 0 aromatic carbocycles. The van der Waals surface area contributed by atoms with Crippen molar-refractivity contribution in [2.75, 3.05) is 5.33 Å². The number of aromatic amines is 1. The van der Waals surface area contributed by atoms with Crippen LogP contribution in [0, 0.1) is 0 Å². The molecule has 1 aromatic heterocycles. The van der Waals surface area contributed by atoms with E-state index >= 15 is 0 Å². The van der Waals surface area contributed by atoms with Crippen LogP contribution in [0.15, 0.2) is 22.4 Å². The zero-order valence-electron chi connectivity index (χ0n) is 10.1. The standard InChI is InChI=1S/C11H12Br2N2O5/c1-4(13)5-3-15(11(19)14-9(5)18)10-8(17)7(16)6(2-12)20-10/h3,6-8,10,16-17H,1-2H2,(H,14,18,19)/t6-,7-,8-,10-/m1/s1. The van der Waals surface area contributed by atoms with Gasteiger partial charge in [-0.1, -0.05) is 38.4 Å². The molecule has 20 heavy (non-hydrogen) atoms. The topological polar surface area (TPSA) is 105 Å². The van der Waals surface area contributed by atoms with E-state index < -0.39 is 35.8 Å². The zero-order valence-corrected chi connectivity index (χ0v) is 13.3. The van der Waals surface area contributed by atoms with E-state index in [0.29, 0.717) is 5.33 Å². The fourth-order valence-corrected chi connectivity index (χ4v) is 2.77. The van der Waals surface area contributed by atoms with Crippen LogP contribution in [0.4, 0.5) is 0 Å². The maximum atomic E-state index is 11.8. The molecule has 1 saturated heterocycles. The van der Waals surface area contributed by atoms with E-state index in [-0.39, 0.29) is 10.0 Å². The maximum Gasteiger partial charge on any atom is 0.330 e. The summed E-state index contributed by atoms with van der Waals surface area (Å²) in [7, 11) is 0. The molecule has 2 heterocycles. The molecule has 4 atom stereocenters. The van der Waals surface area contributed by atoms with Crippen LogP contribution in [0.3, 0.4) is 0 Å². The van der Waals surface area contributed by atoms with E-state index in [2.05, 4.69) is 43.4 Å². The maximum absolute atomic E-state index is 11.8. The number of ether oxygens (including phenoxy) is 1. The highest BCUT2D eigenvalue weighted by atomic mass is 79.9. The van der Waals surface area contributed by atoms with Crippen molar-refractivity contribution in [2.45, 2.75) is 24.5 Å². The SMILES string of the molecule is C=C(Br)c1cn([C@@H]2O[C@H](CBr)[C@@H](O)[C@H]2O)c(=O)[nH]c1=O. The molecule has 1 fully saturated rings. The average molecular weight is 412 g/mol. The Morgan fingerprint density at radius 2 is 2.10 bits per heavy atom. The van der Waals surface area contributed by atoms with Crippen LogP contribution in [0.2, 0.25) is 0 Å². The van der Waals surface area contributed by atoms with Crippen molar-refractivity contribution >= 4 is 36.3 Å². The van der Waals surface area contributed by atoms with E-state index in [1.807, 2.05) is 0 Å². The van der Waals surface area contributed by atoms with E-state index in [1.54, 1.807) is 0 Å². The lowest BCUT2D eigenvalue weighted by Crippen LogP contribution is -2.38. The van der Waals surface area contributed by atoms with Crippen LogP contribution in [0.5, 0.6) is 0 Å². The Balaban J connectivity index is 2.48. The fraction of sp³-hybridized carbons (Fsp3) is 0.455. The molecule has 1 aliphatic heterocycles. The number of rotatable bonds is 3. The van der Waals surface area contributed by atoms with Gasteiger partial charge in [-0.3, -0.25) is 14.3 Å². The largest absolute Gasteiger partial charge is 0.387 e.